The second-order valence-corrected chi connectivity index (χ2v) is 6.52. The van der Waals surface area contributed by atoms with Gasteiger partial charge in [-0.05, 0) is 29.2 Å². The zero-order valence-electron chi connectivity index (χ0n) is 10.9. The number of hydrogen-bond acceptors (Lipinski definition) is 2. The third-order valence-corrected chi connectivity index (χ3v) is 3.32. The van der Waals surface area contributed by atoms with Gasteiger partial charge in [0.25, 0.3) is 0 Å². The molecule has 0 spiro atoms. The first-order valence-electron chi connectivity index (χ1n) is 5.74. The molecule has 0 aliphatic carbocycles. The Bertz CT molecular complexity index is 454. The van der Waals surface area contributed by atoms with E-state index in [4.69, 9.17) is 5.73 Å². The lowest BCUT2D eigenvalue weighted by Gasteiger charge is -2.31. The molecule has 3 N–H and O–H groups in total. The SMILES string of the molecule is CC(C)(C)[C@H](O)[C@H](N)c1cc(Br)cc(C(F)(F)F)c1. The van der Waals surface area contributed by atoms with Gasteiger partial charge >= 0.3 is 6.18 Å². The molecule has 2 nitrogen and oxygen atoms in total. The van der Waals surface area contributed by atoms with Crippen LogP contribution >= 0.6 is 15.9 Å². The van der Waals surface area contributed by atoms with Gasteiger partial charge in [-0.3, -0.25) is 0 Å². The van der Waals surface area contributed by atoms with E-state index in [2.05, 4.69) is 15.9 Å². The summed E-state index contributed by atoms with van der Waals surface area (Å²) in [6.45, 7) is 5.33. The molecule has 19 heavy (non-hydrogen) atoms. The first-order valence-corrected chi connectivity index (χ1v) is 6.53. The summed E-state index contributed by atoms with van der Waals surface area (Å²) < 4.78 is 38.5. The molecule has 0 fully saturated rings. The van der Waals surface area contributed by atoms with E-state index in [-0.39, 0.29) is 10.0 Å². The predicted octanol–water partition coefficient (Wildman–Crippen LogP) is 3.87. The maximum Gasteiger partial charge on any atom is 0.416 e. The molecule has 2 atom stereocenters. The molecule has 0 saturated heterocycles. The van der Waals surface area contributed by atoms with Gasteiger partial charge in [0.15, 0.2) is 0 Å². The van der Waals surface area contributed by atoms with Crippen molar-refractivity contribution in [3.8, 4) is 0 Å². The van der Waals surface area contributed by atoms with Crippen molar-refractivity contribution >= 4 is 15.9 Å². The summed E-state index contributed by atoms with van der Waals surface area (Å²) in [5.41, 5.74) is 4.82. The third-order valence-electron chi connectivity index (χ3n) is 2.86. The van der Waals surface area contributed by atoms with Crippen molar-refractivity contribution in [2.45, 2.75) is 39.1 Å². The van der Waals surface area contributed by atoms with Crippen molar-refractivity contribution in [1.29, 1.82) is 0 Å². The molecular weight excluding hydrogens is 323 g/mol. The number of hydrogen-bond donors (Lipinski definition) is 2. The monoisotopic (exact) mass is 339 g/mol. The van der Waals surface area contributed by atoms with Crippen LogP contribution < -0.4 is 5.73 Å². The third kappa shape index (κ3) is 4.19. The van der Waals surface area contributed by atoms with Crippen LogP contribution in [-0.2, 0) is 6.18 Å². The number of aliphatic hydroxyl groups excluding tert-OH is 1. The van der Waals surface area contributed by atoms with Gasteiger partial charge in [-0.2, -0.15) is 13.2 Å². The van der Waals surface area contributed by atoms with E-state index in [0.29, 0.717) is 0 Å². The smallest absolute Gasteiger partial charge is 0.391 e. The topological polar surface area (TPSA) is 46.2 Å². The molecule has 0 bridgehead atoms. The molecule has 1 aromatic carbocycles. The number of benzene rings is 1. The molecule has 0 radical (unpaired) electrons. The largest absolute Gasteiger partial charge is 0.416 e. The van der Waals surface area contributed by atoms with E-state index in [1.165, 1.54) is 6.07 Å². The Morgan fingerprint density at radius 3 is 2.11 bits per heavy atom. The molecule has 108 valence electrons. The Morgan fingerprint density at radius 1 is 1.16 bits per heavy atom. The van der Waals surface area contributed by atoms with E-state index in [9.17, 15) is 18.3 Å². The van der Waals surface area contributed by atoms with Crippen molar-refractivity contribution in [1.82, 2.24) is 0 Å². The van der Waals surface area contributed by atoms with Crippen LogP contribution in [0.15, 0.2) is 22.7 Å². The number of halogens is 4. The van der Waals surface area contributed by atoms with Crippen molar-refractivity contribution in [2.24, 2.45) is 11.1 Å². The lowest BCUT2D eigenvalue weighted by atomic mass is 9.82. The first kappa shape index (κ1) is 16.5. The summed E-state index contributed by atoms with van der Waals surface area (Å²) in [5, 5.41) is 10.1. The lowest BCUT2D eigenvalue weighted by Crippen LogP contribution is -2.37. The molecule has 6 heteroatoms. The fourth-order valence-electron chi connectivity index (χ4n) is 1.69. The Balaban J connectivity index is 3.18. The normalized spacial score (nSPS) is 16.3. The summed E-state index contributed by atoms with van der Waals surface area (Å²) in [6.07, 6.45) is -5.38. The average molecular weight is 340 g/mol. The van der Waals surface area contributed by atoms with E-state index in [0.717, 1.165) is 12.1 Å². The highest BCUT2D eigenvalue weighted by Crippen LogP contribution is 2.35. The molecule has 0 aromatic heterocycles. The van der Waals surface area contributed by atoms with Crippen molar-refractivity contribution in [2.75, 3.05) is 0 Å². The van der Waals surface area contributed by atoms with E-state index in [1.807, 2.05) is 0 Å². The number of alkyl halides is 3. The van der Waals surface area contributed by atoms with Crippen LogP contribution in [0.25, 0.3) is 0 Å². The van der Waals surface area contributed by atoms with Crippen LogP contribution in [0.4, 0.5) is 13.2 Å². The summed E-state index contributed by atoms with van der Waals surface area (Å²) in [5.74, 6) is 0. The summed E-state index contributed by atoms with van der Waals surface area (Å²) in [4.78, 5) is 0. The number of rotatable bonds is 2. The number of nitrogens with two attached hydrogens (primary N) is 1. The van der Waals surface area contributed by atoms with Gasteiger partial charge in [0.05, 0.1) is 17.7 Å². The van der Waals surface area contributed by atoms with Gasteiger partial charge in [-0.15, -0.1) is 0 Å². The lowest BCUT2D eigenvalue weighted by molar-refractivity contribution is -0.137. The highest BCUT2D eigenvalue weighted by Gasteiger charge is 2.34. The average Bonchev–Trinajstić information content (AvgIpc) is 2.23. The second kappa shape index (κ2) is 5.42. The Hall–Kier alpha value is -0.590. The molecule has 1 rings (SSSR count). The van der Waals surface area contributed by atoms with E-state index < -0.39 is 29.3 Å². The van der Waals surface area contributed by atoms with Crippen LogP contribution in [0, 0.1) is 5.41 Å². The van der Waals surface area contributed by atoms with Crippen LogP contribution in [-0.4, -0.2) is 11.2 Å². The van der Waals surface area contributed by atoms with Gasteiger partial charge in [-0.25, -0.2) is 0 Å². The van der Waals surface area contributed by atoms with Crippen LogP contribution in [0.5, 0.6) is 0 Å². The van der Waals surface area contributed by atoms with Crippen molar-refractivity contribution < 1.29 is 18.3 Å². The molecule has 0 unspecified atom stereocenters. The predicted molar refractivity (Wildman–Crippen MR) is 71.5 cm³/mol. The van der Waals surface area contributed by atoms with Gasteiger partial charge in [0.2, 0.25) is 0 Å². The maximum absolute atomic E-state index is 12.7. The summed E-state index contributed by atoms with van der Waals surface area (Å²) in [6, 6.07) is 2.58. The fraction of sp³-hybridized carbons (Fsp3) is 0.538. The van der Waals surface area contributed by atoms with Gasteiger partial charge in [-0.1, -0.05) is 36.7 Å². The zero-order chi connectivity index (χ0) is 15.0. The quantitative estimate of drug-likeness (QED) is 0.858. The molecule has 0 saturated carbocycles. The molecule has 0 amide bonds. The van der Waals surface area contributed by atoms with Gasteiger partial charge in [0, 0.05) is 4.47 Å². The van der Waals surface area contributed by atoms with Crippen molar-refractivity contribution in [3.05, 3.63) is 33.8 Å². The second-order valence-electron chi connectivity index (χ2n) is 5.61. The molecule has 0 aliphatic rings. The Labute approximate surface area is 118 Å². The zero-order valence-corrected chi connectivity index (χ0v) is 12.5. The minimum atomic E-state index is -4.44. The van der Waals surface area contributed by atoms with Crippen LogP contribution in [0.3, 0.4) is 0 Å². The standard InChI is InChI=1S/C13H17BrF3NO/c1-12(2,3)11(19)10(18)7-4-8(13(15,16)17)6-9(14)5-7/h4-6,10-11,19H,18H2,1-3H3/t10-,11-/m1/s1. The molecule has 1 aromatic rings. The minimum Gasteiger partial charge on any atom is -0.391 e. The Morgan fingerprint density at radius 2 is 1.68 bits per heavy atom. The van der Waals surface area contributed by atoms with Crippen LogP contribution in [0.2, 0.25) is 0 Å². The first-order chi connectivity index (χ1) is 8.43. The number of aliphatic hydroxyl groups is 1. The highest BCUT2D eigenvalue weighted by atomic mass is 79.9. The van der Waals surface area contributed by atoms with Gasteiger partial charge in [0.1, 0.15) is 0 Å². The van der Waals surface area contributed by atoms with E-state index >= 15 is 0 Å². The van der Waals surface area contributed by atoms with Crippen LogP contribution in [0.1, 0.15) is 37.9 Å². The fourth-order valence-corrected chi connectivity index (χ4v) is 2.20. The summed E-state index contributed by atoms with van der Waals surface area (Å²) in [7, 11) is 0. The summed E-state index contributed by atoms with van der Waals surface area (Å²) >= 11 is 3.04. The maximum atomic E-state index is 12.7. The van der Waals surface area contributed by atoms with E-state index in [1.54, 1.807) is 20.8 Å². The highest BCUT2D eigenvalue weighted by molar-refractivity contribution is 9.10. The minimum absolute atomic E-state index is 0.254. The molecule has 0 heterocycles. The molecular formula is C13H17BrF3NO. The Kier molecular flexibility index (Phi) is 4.70. The van der Waals surface area contributed by atoms with Crippen molar-refractivity contribution in [3.63, 3.8) is 0 Å². The van der Waals surface area contributed by atoms with Gasteiger partial charge < -0.3 is 10.8 Å². The molecule has 0 aliphatic heterocycles.